The second-order valence-electron chi connectivity index (χ2n) is 9.36. The molecule has 2 N–H and O–H groups in total. The molecule has 0 radical (unpaired) electrons. The van der Waals surface area contributed by atoms with Crippen LogP contribution in [0.2, 0.25) is 0 Å². The number of carbonyl (C=O) groups is 2. The van der Waals surface area contributed by atoms with E-state index >= 15 is 0 Å². The molecule has 0 bridgehead atoms. The number of nitrogens with one attached hydrogen (secondary N) is 2. The van der Waals surface area contributed by atoms with Crippen molar-refractivity contribution in [2.24, 2.45) is 0 Å². The Morgan fingerprint density at radius 2 is 2.00 bits per heavy atom. The van der Waals surface area contributed by atoms with Crippen molar-refractivity contribution in [2.45, 2.75) is 65.1 Å². The number of hydrogen-bond donors (Lipinski definition) is 2. The van der Waals surface area contributed by atoms with E-state index in [9.17, 15) is 9.59 Å². The van der Waals surface area contributed by atoms with Crippen molar-refractivity contribution in [2.75, 3.05) is 23.8 Å². The van der Waals surface area contributed by atoms with Crippen LogP contribution in [0.25, 0.3) is 0 Å². The summed E-state index contributed by atoms with van der Waals surface area (Å²) in [4.78, 5) is 35.2. The fourth-order valence-electron chi connectivity index (χ4n) is 3.57. The normalized spacial score (nSPS) is 15.5. The average molecular weight is 454 g/mol. The first-order valence-electron chi connectivity index (χ1n) is 11.4. The van der Waals surface area contributed by atoms with Crippen molar-refractivity contribution in [1.29, 1.82) is 0 Å². The Bertz CT molecular complexity index is 1050. The predicted molar refractivity (Wildman–Crippen MR) is 125 cm³/mol. The molecule has 1 saturated carbocycles. The number of esters is 1. The van der Waals surface area contributed by atoms with Crippen molar-refractivity contribution in [3.8, 4) is 0 Å². The lowest BCUT2D eigenvalue weighted by Crippen LogP contribution is -2.39. The van der Waals surface area contributed by atoms with Gasteiger partial charge >= 0.3 is 12.1 Å². The van der Waals surface area contributed by atoms with E-state index in [4.69, 9.17) is 9.47 Å². The van der Waals surface area contributed by atoms with Crippen LogP contribution in [0.4, 0.5) is 22.2 Å². The smallest absolute Gasteiger partial charge is 0.410 e. The highest BCUT2D eigenvalue weighted by atomic mass is 16.6. The van der Waals surface area contributed by atoms with Gasteiger partial charge in [0.2, 0.25) is 5.95 Å². The molecule has 0 saturated heterocycles. The number of rotatable bonds is 6. The largest absolute Gasteiger partial charge is 0.462 e. The van der Waals surface area contributed by atoms with Crippen LogP contribution in [0.1, 0.15) is 62.0 Å². The van der Waals surface area contributed by atoms with Crippen molar-refractivity contribution in [1.82, 2.24) is 14.9 Å². The molecule has 1 aliphatic heterocycles. The summed E-state index contributed by atoms with van der Waals surface area (Å²) in [6.45, 7) is 8.79. The lowest BCUT2D eigenvalue weighted by molar-refractivity contribution is 0.0223. The molecule has 1 amide bonds. The van der Waals surface area contributed by atoms with Gasteiger partial charge in [0, 0.05) is 31.0 Å². The third-order valence-electron chi connectivity index (χ3n) is 5.33. The van der Waals surface area contributed by atoms with E-state index in [1.54, 1.807) is 11.8 Å². The van der Waals surface area contributed by atoms with Crippen molar-refractivity contribution in [3.05, 3.63) is 41.1 Å². The molecule has 0 spiro atoms. The van der Waals surface area contributed by atoms with E-state index in [1.165, 1.54) is 11.8 Å². The van der Waals surface area contributed by atoms with Gasteiger partial charge in [-0.25, -0.2) is 14.6 Å². The number of anilines is 3. The summed E-state index contributed by atoms with van der Waals surface area (Å²) in [5.41, 5.74) is 2.93. The third-order valence-corrected chi connectivity index (χ3v) is 5.33. The van der Waals surface area contributed by atoms with Gasteiger partial charge in [-0.1, -0.05) is 6.07 Å². The number of amides is 1. The lowest BCUT2D eigenvalue weighted by atomic mass is 9.99. The van der Waals surface area contributed by atoms with Crippen LogP contribution in [-0.4, -0.2) is 51.7 Å². The van der Waals surface area contributed by atoms with Crippen molar-refractivity contribution < 1.29 is 19.1 Å². The van der Waals surface area contributed by atoms with Gasteiger partial charge in [0.15, 0.2) is 0 Å². The van der Waals surface area contributed by atoms with Gasteiger partial charge in [0.05, 0.1) is 6.61 Å². The molecule has 1 aromatic carbocycles. The highest BCUT2D eigenvalue weighted by molar-refractivity contribution is 5.94. The topological polar surface area (TPSA) is 106 Å². The minimum Gasteiger partial charge on any atom is -0.462 e. The number of nitrogens with zero attached hydrogens (tertiary/aromatic N) is 3. The van der Waals surface area contributed by atoms with Gasteiger partial charge in [-0.05, 0) is 70.2 Å². The molecule has 2 aliphatic rings. The van der Waals surface area contributed by atoms with E-state index in [-0.39, 0.29) is 6.09 Å². The molecule has 1 aromatic heterocycles. The summed E-state index contributed by atoms with van der Waals surface area (Å²) < 4.78 is 10.6. The number of benzene rings is 1. The molecule has 0 atom stereocenters. The third kappa shape index (κ3) is 5.91. The molecule has 0 unspecified atom stereocenters. The second kappa shape index (κ2) is 9.25. The zero-order chi connectivity index (χ0) is 23.6. The molecule has 1 aliphatic carbocycles. The Morgan fingerprint density at radius 3 is 2.70 bits per heavy atom. The summed E-state index contributed by atoms with van der Waals surface area (Å²) in [5.74, 6) is 0.451. The van der Waals surface area contributed by atoms with Crippen LogP contribution in [0.15, 0.2) is 24.4 Å². The Kier molecular flexibility index (Phi) is 6.40. The van der Waals surface area contributed by atoms with Crippen molar-refractivity contribution >= 4 is 29.5 Å². The van der Waals surface area contributed by atoms with Crippen LogP contribution in [0.3, 0.4) is 0 Å². The summed E-state index contributed by atoms with van der Waals surface area (Å²) in [5, 5.41) is 6.52. The number of fused-ring (bicyclic) bond motifs is 1. The molecule has 33 heavy (non-hydrogen) atoms. The molecule has 2 aromatic rings. The van der Waals surface area contributed by atoms with Gasteiger partial charge < -0.3 is 25.0 Å². The zero-order valence-electron chi connectivity index (χ0n) is 19.6. The zero-order valence-corrected chi connectivity index (χ0v) is 19.6. The Balaban J connectivity index is 1.47. The molecule has 1 fully saturated rings. The van der Waals surface area contributed by atoms with Crippen molar-refractivity contribution in [3.63, 3.8) is 0 Å². The van der Waals surface area contributed by atoms with E-state index < -0.39 is 11.6 Å². The first-order chi connectivity index (χ1) is 15.7. The SMILES string of the molecule is CCOC(=O)c1cnc(Nc2ccc3c(c2)CCN(C(=O)OC(C)(C)C)C3)nc1NC1CC1. The fourth-order valence-corrected chi connectivity index (χ4v) is 3.57. The summed E-state index contributed by atoms with van der Waals surface area (Å²) in [6, 6.07) is 6.33. The fraction of sp³-hybridized carbons (Fsp3) is 0.500. The van der Waals surface area contributed by atoms with Crippen LogP contribution in [0, 0.1) is 0 Å². The van der Waals surface area contributed by atoms with E-state index in [2.05, 4.69) is 26.7 Å². The average Bonchev–Trinajstić information content (AvgIpc) is 3.56. The number of ether oxygens (including phenoxy) is 2. The highest BCUT2D eigenvalue weighted by Gasteiger charge is 2.27. The maximum atomic E-state index is 12.4. The molecule has 2 heterocycles. The minimum atomic E-state index is -0.513. The first kappa shape index (κ1) is 22.8. The Hall–Kier alpha value is -3.36. The molecule has 4 rings (SSSR count). The first-order valence-corrected chi connectivity index (χ1v) is 11.4. The van der Waals surface area contributed by atoms with E-state index in [0.29, 0.717) is 43.1 Å². The summed E-state index contributed by atoms with van der Waals surface area (Å²) >= 11 is 0. The highest BCUT2D eigenvalue weighted by Crippen LogP contribution is 2.28. The van der Waals surface area contributed by atoms with Gasteiger partial charge in [0.1, 0.15) is 17.0 Å². The van der Waals surface area contributed by atoms with Crippen LogP contribution in [-0.2, 0) is 22.4 Å². The molecule has 9 nitrogen and oxygen atoms in total. The number of carbonyl (C=O) groups excluding carboxylic acids is 2. The standard InChI is InChI=1S/C24H31N5O4/c1-5-32-21(30)19-13-25-22(28-20(19)26-17-8-9-17)27-18-7-6-16-14-29(11-10-15(16)12-18)23(31)33-24(2,3)4/h6-7,12-13,17H,5,8-11,14H2,1-4H3,(H2,25,26,27,28). The predicted octanol–water partition coefficient (Wildman–Crippen LogP) is 4.26. The molecular formula is C24H31N5O4. The maximum absolute atomic E-state index is 12.4. The summed E-state index contributed by atoms with van der Waals surface area (Å²) in [7, 11) is 0. The van der Waals surface area contributed by atoms with E-state index in [1.807, 2.05) is 32.9 Å². The van der Waals surface area contributed by atoms with E-state index in [0.717, 1.165) is 30.5 Å². The minimum absolute atomic E-state index is 0.291. The number of aromatic nitrogens is 2. The monoisotopic (exact) mass is 453 g/mol. The quantitative estimate of drug-likeness (QED) is 0.625. The van der Waals surface area contributed by atoms with Gasteiger partial charge in [-0.15, -0.1) is 0 Å². The van der Waals surface area contributed by atoms with Crippen LogP contribution < -0.4 is 10.6 Å². The summed E-state index contributed by atoms with van der Waals surface area (Å²) in [6.07, 6.45) is 4.05. The second-order valence-corrected chi connectivity index (χ2v) is 9.36. The van der Waals surface area contributed by atoms with Gasteiger partial charge in [-0.3, -0.25) is 0 Å². The number of hydrogen-bond acceptors (Lipinski definition) is 8. The van der Waals surface area contributed by atoms with Crippen LogP contribution in [0.5, 0.6) is 0 Å². The lowest BCUT2D eigenvalue weighted by Gasteiger charge is -2.31. The molecular weight excluding hydrogens is 422 g/mol. The van der Waals surface area contributed by atoms with Gasteiger partial charge in [0.25, 0.3) is 0 Å². The molecule has 176 valence electrons. The Labute approximate surface area is 193 Å². The maximum Gasteiger partial charge on any atom is 0.410 e. The van der Waals surface area contributed by atoms with Crippen LogP contribution >= 0.6 is 0 Å². The van der Waals surface area contributed by atoms with Gasteiger partial charge in [-0.2, -0.15) is 4.98 Å². The Morgan fingerprint density at radius 1 is 1.21 bits per heavy atom. The molecule has 9 heteroatoms.